The molecule has 0 aliphatic heterocycles. The summed E-state index contributed by atoms with van der Waals surface area (Å²) in [5, 5.41) is 1.66. The molecule has 19 heavy (non-hydrogen) atoms. The van der Waals surface area contributed by atoms with Gasteiger partial charge in [-0.1, -0.05) is 48.5 Å². The molecule has 0 saturated heterocycles. The Bertz CT molecular complexity index is 511. The maximum absolute atomic E-state index is 11.9. The van der Waals surface area contributed by atoms with E-state index in [-0.39, 0.29) is 5.97 Å². The highest BCUT2D eigenvalue weighted by atomic mass is 16.7. The van der Waals surface area contributed by atoms with Gasteiger partial charge in [-0.3, -0.25) is 0 Å². The average molecular weight is 255 g/mol. The van der Waals surface area contributed by atoms with E-state index in [1.54, 1.807) is 17.2 Å². The minimum atomic E-state index is -0.321. The lowest BCUT2D eigenvalue weighted by Gasteiger charge is -2.19. The second-order valence-electron chi connectivity index (χ2n) is 4.19. The Morgan fingerprint density at radius 3 is 2.16 bits per heavy atom. The van der Waals surface area contributed by atoms with E-state index in [0.29, 0.717) is 18.7 Å². The van der Waals surface area contributed by atoms with E-state index in [4.69, 9.17) is 4.84 Å². The van der Waals surface area contributed by atoms with Crippen LogP contribution in [-0.2, 0) is 11.4 Å². The summed E-state index contributed by atoms with van der Waals surface area (Å²) in [5.74, 6) is -0.321. The Hall–Kier alpha value is -2.13. The van der Waals surface area contributed by atoms with Crippen molar-refractivity contribution in [3.8, 4) is 0 Å². The Kier molecular flexibility index (Phi) is 4.70. The van der Waals surface area contributed by atoms with Crippen molar-refractivity contribution in [1.82, 2.24) is 5.06 Å². The molecule has 0 amide bonds. The highest BCUT2D eigenvalue weighted by Gasteiger charge is 2.12. The number of rotatable bonds is 5. The number of nitrogens with zero attached hydrogens (tertiary/aromatic N) is 1. The lowest BCUT2D eigenvalue weighted by molar-refractivity contribution is -0.113. The SMILES string of the molecule is CCN(Cc1ccccc1)OC(=O)c1ccccc1. The van der Waals surface area contributed by atoms with E-state index in [9.17, 15) is 4.79 Å². The van der Waals surface area contributed by atoms with E-state index < -0.39 is 0 Å². The van der Waals surface area contributed by atoms with Gasteiger partial charge in [0.05, 0.1) is 12.1 Å². The lowest BCUT2D eigenvalue weighted by atomic mass is 10.2. The molecule has 0 aliphatic rings. The highest BCUT2D eigenvalue weighted by Crippen LogP contribution is 2.08. The fourth-order valence-corrected chi connectivity index (χ4v) is 1.74. The van der Waals surface area contributed by atoms with E-state index in [2.05, 4.69) is 0 Å². The van der Waals surface area contributed by atoms with Crippen LogP contribution < -0.4 is 0 Å². The molecule has 0 heterocycles. The number of hydrogen-bond donors (Lipinski definition) is 0. The molecule has 0 aromatic heterocycles. The number of hydrogen-bond acceptors (Lipinski definition) is 3. The standard InChI is InChI=1S/C16H17NO2/c1-2-17(13-14-9-5-3-6-10-14)19-16(18)15-11-7-4-8-12-15/h3-12H,2,13H2,1H3. The fraction of sp³-hybridized carbons (Fsp3) is 0.188. The predicted octanol–water partition coefficient (Wildman–Crippen LogP) is 3.28. The van der Waals surface area contributed by atoms with Crippen LogP contribution in [-0.4, -0.2) is 17.6 Å². The molecule has 0 saturated carbocycles. The zero-order valence-corrected chi connectivity index (χ0v) is 11.0. The van der Waals surface area contributed by atoms with Crippen molar-refractivity contribution in [3.63, 3.8) is 0 Å². The molecule has 0 unspecified atom stereocenters. The van der Waals surface area contributed by atoms with Gasteiger partial charge in [-0.25, -0.2) is 4.79 Å². The Labute approximate surface area is 113 Å². The van der Waals surface area contributed by atoms with Gasteiger partial charge in [0.2, 0.25) is 0 Å². The second-order valence-corrected chi connectivity index (χ2v) is 4.19. The summed E-state index contributed by atoms with van der Waals surface area (Å²) in [6, 6.07) is 19.0. The minimum Gasteiger partial charge on any atom is -0.364 e. The Morgan fingerprint density at radius 1 is 1.00 bits per heavy atom. The van der Waals surface area contributed by atoms with Crippen LogP contribution in [0.25, 0.3) is 0 Å². The molecule has 0 aliphatic carbocycles. The molecule has 0 spiro atoms. The zero-order chi connectivity index (χ0) is 13.5. The van der Waals surface area contributed by atoms with Crippen molar-refractivity contribution in [2.45, 2.75) is 13.5 Å². The maximum atomic E-state index is 11.9. The summed E-state index contributed by atoms with van der Waals surface area (Å²) in [5.41, 5.74) is 1.68. The van der Waals surface area contributed by atoms with Crippen LogP contribution in [0.3, 0.4) is 0 Å². The van der Waals surface area contributed by atoms with E-state index in [1.807, 2.05) is 55.5 Å². The molecule has 98 valence electrons. The average Bonchev–Trinajstić information content (AvgIpc) is 2.48. The summed E-state index contributed by atoms with van der Waals surface area (Å²) in [4.78, 5) is 17.3. The van der Waals surface area contributed by atoms with Gasteiger partial charge in [-0.05, 0) is 24.6 Å². The van der Waals surface area contributed by atoms with Crippen molar-refractivity contribution in [1.29, 1.82) is 0 Å². The van der Waals surface area contributed by atoms with Crippen LogP contribution in [0, 0.1) is 0 Å². The third-order valence-corrected chi connectivity index (χ3v) is 2.78. The number of benzene rings is 2. The van der Waals surface area contributed by atoms with E-state index >= 15 is 0 Å². The van der Waals surface area contributed by atoms with Crippen LogP contribution in [0.1, 0.15) is 22.8 Å². The van der Waals surface area contributed by atoms with Gasteiger partial charge < -0.3 is 4.84 Å². The van der Waals surface area contributed by atoms with Gasteiger partial charge in [-0.2, -0.15) is 0 Å². The van der Waals surface area contributed by atoms with Crippen molar-refractivity contribution in [2.75, 3.05) is 6.54 Å². The molecule has 2 aromatic rings. The summed E-state index contributed by atoms with van der Waals surface area (Å²) in [6.07, 6.45) is 0. The molecular formula is C16H17NO2. The molecular weight excluding hydrogens is 238 g/mol. The van der Waals surface area contributed by atoms with Gasteiger partial charge in [0.1, 0.15) is 0 Å². The zero-order valence-electron chi connectivity index (χ0n) is 11.0. The van der Waals surface area contributed by atoms with Crippen LogP contribution in [0.15, 0.2) is 60.7 Å². The quantitative estimate of drug-likeness (QED) is 0.768. The fourth-order valence-electron chi connectivity index (χ4n) is 1.74. The molecule has 3 heteroatoms. The van der Waals surface area contributed by atoms with Crippen molar-refractivity contribution >= 4 is 5.97 Å². The summed E-state index contributed by atoms with van der Waals surface area (Å²) in [6.45, 7) is 3.20. The van der Waals surface area contributed by atoms with Gasteiger partial charge in [0, 0.05) is 6.54 Å². The third kappa shape index (κ3) is 3.93. The Morgan fingerprint density at radius 2 is 1.58 bits per heavy atom. The van der Waals surface area contributed by atoms with Gasteiger partial charge >= 0.3 is 5.97 Å². The Balaban J connectivity index is 1.98. The topological polar surface area (TPSA) is 29.5 Å². The second kappa shape index (κ2) is 6.71. The summed E-state index contributed by atoms with van der Waals surface area (Å²) in [7, 11) is 0. The van der Waals surface area contributed by atoms with Gasteiger partial charge in [0.15, 0.2) is 0 Å². The maximum Gasteiger partial charge on any atom is 0.357 e. The first-order valence-electron chi connectivity index (χ1n) is 6.36. The normalized spacial score (nSPS) is 10.4. The molecule has 0 atom stereocenters. The van der Waals surface area contributed by atoms with Crippen molar-refractivity contribution < 1.29 is 9.63 Å². The van der Waals surface area contributed by atoms with Crippen LogP contribution >= 0.6 is 0 Å². The first kappa shape index (κ1) is 13.3. The van der Waals surface area contributed by atoms with Crippen molar-refractivity contribution in [2.24, 2.45) is 0 Å². The summed E-state index contributed by atoms with van der Waals surface area (Å²) >= 11 is 0. The van der Waals surface area contributed by atoms with Crippen LogP contribution in [0.5, 0.6) is 0 Å². The lowest BCUT2D eigenvalue weighted by Crippen LogP contribution is -2.26. The molecule has 0 N–H and O–H groups in total. The van der Waals surface area contributed by atoms with Crippen molar-refractivity contribution in [3.05, 3.63) is 71.8 Å². The smallest absolute Gasteiger partial charge is 0.357 e. The predicted molar refractivity (Wildman–Crippen MR) is 74.4 cm³/mol. The minimum absolute atomic E-state index is 0.321. The molecule has 3 nitrogen and oxygen atoms in total. The largest absolute Gasteiger partial charge is 0.364 e. The highest BCUT2D eigenvalue weighted by molar-refractivity contribution is 5.89. The summed E-state index contributed by atoms with van der Waals surface area (Å²) < 4.78 is 0. The van der Waals surface area contributed by atoms with Gasteiger partial charge in [-0.15, -0.1) is 5.06 Å². The molecule has 0 radical (unpaired) electrons. The van der Waals surface area contributed by atoms with E-state index in [1.165, 1.54) is 0 Å². The van der Waals surface area contributed by atoms with E-state index in [0.717, 1.165) is 5.56 Å². The first-order valence-corrected chi connectivity index (χ1v) is 6.36. The number of carbonyl (C=O) groups excluding carboxylic acids is 1. The van der Waals surface area contributed by atoms with Gasteiger partial charge in [0.25, 0.3) is 0 Å². The molecule has 0 fully saturated rings. The first-order chi connectivity index (χ1) is 9.29. The number of carbonyl (C=O) groups is 1. The van der Waals surface area contributed by atoms with Crippen LogP contribution in [0.2, 0.25) is 0 Å². The van der Waals surface area contributed by atoms with Crippen LogP contribution in [0.4, 0.5) is 0 Å². The monoisotopic (exact) mass is 255 g/mol. The number of hydroxylamine groups is 2. The molecule has 0 bridgehead atoms. The third-order valence-electron chi connectivity index (χ3n) is 2.78. The molecule has 2 aromatic carbocycles. The molecule has 2 rings (SSSR count).